The Morgan fingerprint density at radius 3 is 2.43 bits per heavy atom. The van der Waals surface area contributed by atoms with Crippen molar-refractivity contribution in [2.45, 2.75) is 12.8 Å². The summed E-state index contributed by atoms with van der Waals surface area (Å²) in [5.74, 6) is -1.07. The first-order chi connectivity index (χ1) is 9.91. The number of carbonyl (C=O) groups is 2. The number of carbonyl (C=O) groups excluding carboxylic acids is 2. The molecule has 0 spiro atoms. The van der Waals surface area contributed by atoms with Gasteiger partial charge in [0.25, 0.3) is 11.1 Å². The van der Waals surface area contributed by atoms with Gasteiger partial charge >= 0.3 is 11.7 Å². The fraction of sp³-hybridized carbons (Fsp3) is 0.417. The van der Waals surface area contributed by atoms with E-state index in [1.807, 2.05) is 0 Å². The highest BCUT2D eigenvalue weighted by Crippen LogP contribution is 2.32. The number of likely N-dealkylation sites (tertiary alicyclic amines) is 1. The second kappa shape index (κ2) is 6.68. The first-order valence-electron chi connectivity index (χ1n) is 6.22. The van der Waals surface area contributed by atoms with Gasteiger partial charge in [0, 0.05) is 13.1 Å². The quantitative estimate of drug-likeness (QED) is 0.663. The number of anilines is 1. The predicted molar refractivity (Wildman–Crippen MR) is 78.5 cm³/mol. The number of nitrogens with two attached hydrogens (primary N) is 1. The van der Waals surface area contributed by atoms with E-state index in [4.69, 9.17) is 45.3 Å². The number of nitrogen functional groups attached to an aromatic ring is 1. The van der Waals surface area contributed by atoms with Gasteiger partial charge in [-0.15, -0.1) is 0 Å². The summed E-state index contributed by atoms with van der Waals surface area (Å²) in [5.41, 5.74) is 5.46. The molecule has 1 saturated heterocycles. The van der Waals surface area contributed by atoms with Crippen LogP contribution in [-0.4, -0.2) is 36.5 Å². The van der Waals surface area contributed by atoms with Crippen LogP contribution < -0.4 is 10.7 Å². The monoisotopic (exact) mass is 352 g/mol. The van der Waals surface area contributed by atoms with Crippen molar-refractivity contribution in [3.63, 3.8) is 0 Å². The maximum Gasteiger partial charge on any atom is 0.405 e. The van der Waals surface area contributed by atoms with Gasteiger partial charge in [0.05, 0.1) is 5.69 Å². The van der Waals surface area contributed by atoms with Crippen LogP contribution in [0, 0.1) is 0 Å². The lowest BCUT2D eigenvalue weighted by Crippen LogP contribution is -2.33. The van der Waals surface area contributed by atoms with E-state index in [1.165, 1.54) is 0 Å². The second-order valence-electron chi connectivity index (χ2n) is 4.52. The van der Waals surface area contributed by atoms with Gasteiger partial charge in [-0.2, -0.15) is 4.98 Å². The predicted octanol–water partition coefficient (Wildman–Crippen LogP) is 1.82. The molecule has 1 fully saturated rings. The fourth-order valence-electron chi connectivity index (χ4n) is 1.97. The van der Waals surface area contributed by atoms with E-state index >= 15 is 0 Å². The molecular formula is C12H13Cl3N3O3+. The molecule has 3 N–H and O–H groups in total. The van der Waals surface area contributed by atoms with Crippen LogP contribution >= 0.6 is 34.8 Å². The topological polar surface area (TPSA) is 86.8 Å². The Morgan fingerprint density at radius 1 is 1.19 bits per heavy atom. The lowest BCUT2D eigenvalue weighted by Gasteiger charge is -2.14. The van der Waals surface area contributed by atoms with Crippen molar-refractivity contribution in [3.05, 3.63) is 20.9 Å². The molecule has 21 heavy (non-hydrogen) atoms. The molecule has 2 heterocycles. The number of nitrogens with one attached hydrogen (secondary N) is 1. The second-order valence-corrected chi connectivity index (χ2v) is 5.65. The van der Waals surface area contributed by atoms with Crippen LogP contribution in [0.15, 0.2) is 0 Å². The number of hydrogen-bond donors (Lipinski definition) is 1. The summed E-state index contributed by atoms with van der Waals surface area (Å²) < 4.78 is 4.93. The van der Waals surface area contributed by atoms with Crippen LogP contribution in [0.2, 0.25) is 15.2 Å². The van der Waals surface area contributed by atoms with E-state index in [9.17, 15) is 9.59 Å². The molecule has 1 aromatic rings. The van der Waals surface area contributed by atoms with Gasteiger partial charge < -0.3 is 15.4 Å². The zero-order chi connectivity index (χ0) is 15.6. The summed E-state index contributed by atoms with van der Waals surface area (Å²) in [6.45, 7) is 1.01. The summed E-state index contributed by atoms with van der Waals surface area (Å²) in [5, 5.41) is -0.106. The molecule has 0 saturated carbocycles. The maximum atomic E-state index is 11.9. The first kappa shape index (κ1) is 16.1. The smallest absolute Gasteiger partial charge is 0.405 e. The van der Waals surface area contributed by atoms with Gasteiger partial charge in [-0.3, -0.25) is 4.79 Å². The zero-order valence-electron chi connectivity index (χ0n) is 10.9. The van der Waals surface area contributed by atoms with Crippen molar-refractivity contribution in [1.82, 2.24) is 4.90 Å². The summed E-state index contributed by atoms with van der Waals surface area (Å²) in [6, 6.07) is 0. The Labute approximate surface area is 136 Å². The molecule has 0 radical (unpaired) electrons. The van der Waals surface area contributed by atoms with E-state index in [0.717, 1.165) is 12.8 Å². The molecule has 6 nitrogen and oxygen atoms in total. The van der Waals surface area contributed by atoms with Gasteiger partial charge in [-0.1, -0.05) is 23.2 Å². The van der Waals surface area contributed by atoms with Crippen molar-refractivity contribution in [2.75, 3.05) is 25.4 Å². The molecule has 0 unspecified atom stereocenters. The Hall–Kier alpha value is -1.24. The highest BCUT2D eigenvalue weighted by atomic mass is 35.5. The van der Waals surface area contributed by atoms with Gasteiger partial charge in [0.1, 0.15) is 10.0 Å². The number of nitrogens with zero attached hydrogens (tertiary/aromatic N) is 1. The Bertz CT molecular complexity index is 589. The molecule has 114 valence electrons. The molecule has 1 aliphatic heterocycles. The summed E-state index contributed by atoms with van der Waals surface area (Å²) in [7, 11) is 0. The summed E-state index contributed by atoms with van der Waals surface area (Å²) >= 11 is 17.5. The van der Waals surface area contributed by atoms with E-state index in [-0.39, 0.29) is 39.1 Å². The Balaban J connectivity index is 2.05. The van der Waals surface area contributed by atoms with Crippen molar-refractivity contribution in [1.29, 1.82) is 0 Å². The number of ether oxygens (including phenoxy) is 1. The average Bonchev–Trinajstić information content (AvgIpc) is 3.00. The molecule has 1 aromatic heterocycles. The minimum atomic E-state index is -0.821. The summed E-state index contributed by atoms with van der Waals surface area (Å²) in [4.78, 5) is 27.9. The third kappa shape index (κ3) is 3.51. The number of halogens is 3. The lowest BCUT2D eigenvalue weighted by atomic mass is 10.3. The van der Waals surface area contributed by atoms with Crippen molar-refractivity contribution >= 4 is 52.4 Å². The summed E-state index contributed by atoms with van der Waals surface area (Å²) in [6.07, 6.45) is 1.92. The standard InChI is InChI=1S/C12H12Cl3N3O3/c13-7-9(16)8(14)11(15)17-10(7)12(20)21-5-6(19)18-3-1-2-4-18/h1-5H2,(H2,16,17)/p+1. The third-order valence-corrected chi connectivity index (χ3v) is 4.27. The highest BCUT2D eigenvalue weighted by Gasteiger charge is 2.28. The van der Waals surface area contributed by atoms with Crippen molar-refractivity contribution in [2.24, 2.45) is 0 Å². The van der Waals surface area contributed by atoms with Gasteiger partial charge in [-0.05, 0) is 24.4 Å². The Morgan fingerprint density at radius 2 is 1.81 bits per heavy atom. The molecule has 9 heteroatoms. The van der Waals surface area contributed by atoms with E-state index in [2.05, 4.69) is 4.98 Å². The van der Waals surface area contributed by atoms with Crippen LogP contribution in [-0.2, 0) is 9.53 Å². The van der Waals surface area contributed by atoms with Gasteiger partial charge in [0.15, 0.2) is 6.61 Å². The largest absolute Gasteiger partial charge is 0.448 e. The van der Waals surface area contributed by atoms with Gasteiger partial charge in [-0.25, -0.2) is 4.79 Å². The normalized spacial score (nSPS) is 14.3. The van der Waals surface area contributed by atoms with Crippen LogP contribution in [0.1, 0.15) is 23.3 Å². The van der Waals surface area contributed by atoms with Crippen LogP contribution in [0.3, 0.4) is 0 Å². The number of hydrogen-bond acceptors (Lipinski definition) is 4. The van der Waals surface area contributed by atoms with Crippen molar-refractivity contribution < 1.29 is 19.3 Å². The SMILES string of the molecule is Nc1c(Cl)c(Cl)[nH+]c(C(=O)OCC(=O)N2CCCC2)c1Cl. The van der Waals surface area contributed by atoms with Crippen LogP contribution in [0.4, 0.5) is 5.69 Å². The minimum absolute atomic E-state index is 0.0198. The molecule has 2 rings (SSSR count). The van der Waals surface area contributed by atoms with Gasteiger partial charge in [0.2, 0.25) is 0 Å². The number of aromatic nitrogens is 1. The Kier molecular flexibility index (Phi) is 5.13. The number of pyridine rings is 1. The number of aromatic amines is 1. The molecule has 0 aliphatic carbocycles. The maximum absolute atomic E-state index is 11.9. The lowest BCUT2D eigenvalue weighted by molar-refractivity contribution is -0.380. The van der Waals surface area contributed by atoms with E-state index < -0.39 is 5.97 Å². The molecular weight excluding hydrogens is 341 g/mol. The number of H-pyrrole nitrogens is 1. The third-order valence-electron chi connectivity index (χ3n) is 3.11. The van der Waals surface area contributed by atoms with E-state index in [1.54, 1.807) is 4.90 Å². The molecule has 1 amide bonds. The number of amides is 1. The number of esters is 1. The molecule has 0 bridgehead atoms. The average molecular weight is 354 g/mol. The zero-order valence-corrected chi connectivity index (χ0v) is 13.2. The molecule has 0 aromatic carbocycles. The fourth-order valence-corrected chi connectivity index (χ4v) is 2.57. The van der Waals surface area contributed by atoms with E-state index in [0.29, 0.717) is 13.1 Å². The van der Waals surface area contributed by atoms with Crippen molar-refractivity contribution in [3.8, 4) is 0 Å². The first-order valence-corrected chi connectivity index (χ1v) is 7.35. The molecule has 1 aliphatic rings. The number of rotatable bonds is 3. The minimum Gasteiger partial charge on any atom is -0.448 e. The molecule has 0 atom stereocenters. The highest BCUT2D eigenvalue weighted by molar-refractivity contribution is 6.45. The van der Waals surface area contributed by atoms with Crippen LogP contribution in [0.5, 0.6) is 0 Å². The van der Waals surface area contributed by atoms with Crippen LogP contribution in [0.25, 0.3) is 0 Å².